The number of carbonyl (C=O) groups excluding carboxylic acids is 1. The lowest BCUT2D eigenvalue weighted by Gasteiger charge is -2.20. The van der Waals surface area contributed by atoms with E-state index in [-0.39, 0.29) is 11.9 Å². The van der Waals surface area contributed by atoms with Crippen LogP contribution >= 0.6 is 11.8 Å². The predicted octanol–water partition coefficient (Wildman–Crippen LogP) is 1.81. The van der Waals surface area contributed by atoms with Crippen molar-refractivity contribution in [2.45, 2.75) is 24.9 Å². The molecule has 17 heavy (non-hydrogen) atoms. The summed E-state index contributed by atoms with van der Waals surface area (Å²) in [7, 11) is 1.38. The second-order valence-corrected chi connectivity index (χ2v) is 4.66. The molecule has 0 spiro atoms. The van der Waals surface area contributed by atoms with Crippen LogP contribution in [0.5, 0.6) is 0 Å². The maximum absolute atomic E-state index is 11.6. The van der Waals surface area contributed by atoms with Crippen LogP contribution in [0.4, 0.5) is 5.82 Å². The summed E-state index contributed by atoms with van der Waals surface area (Å²) in [6.07, 6.45) is 3.41. The molecule has 0 bridgehead atoms. The van der Waals surface area contributed by atoms with E-state index >= 15 is 0 Å². The van der Waals surface area contributed by atoms with Crippen LogP contribution in [-0.4, -0.2) is 35.3 Å². The molecule has 0 amide bonds. The molecule has 0 aliphatic heterocycles. The fourth-order valence-electron chi connectivity index (χ4n) is 1.31. The predicted molar refractivity (Wildman–Crippen MR) is 68.1 cm³/mol. The van der Waals surface area contributed by atoms with E-state index in [0.717, 1.165) is 5.03 Å². The summed E-state index contributed by atoms with van der Waals surface area (Å²) in [5.41, 5.74) is 0. The van der Waals surface area contributed by atoms with Gasteiger partial charge in [0.1, 0.15) is 23.2 Å². The van der Waals surface area contributed by atoms with Gasteiger partial charge in [0, 0.05) is 6.07 Å². The maximum Gasteiger partial charge on any atom is 0.328 e. The highest BCUT2D eigenvalue weighted by Crippen LogP contribution is 2.16. The smallest absolute Gasteiger partial charge is 0.328 e. The summed E-state index contributed by atoms with van der Waals surface area (Å²) in [6, 6.07) is 1.41. The molecule has 1 atom stereocenters. The van der Waals surface area contributed by atoms with Crippen LogP contribution in [0.3, 0.4) is 0 Å². The number of rotatable bonds is 5. The summed E-state index contributed by atoms with van der Waals surface area (Å²) >= 11 is 1.53. The average Bonchev–Trinajstić information content (AvgIpc) is 2.35. The Kier molecular flexibility index (Phi) is 5.21. The van der Waals surface area contributed by atoms with Crippen LogP contribution in [0, 0.1) is 5.92 Å². The zero-order chi connectivity index (χ0) is 12.8. The van der Waals surface area contributed by atoms with Gasteiger partial charge in [-0.25, -0.2) is 14.8 Å². The third-order valence-corrected chi connectivity index (χ3v) is 2.92. The van der Waals surface area contributed by atoms with Crippen molar-refractivity contribution in [1.82, 2.24) is 9.97 Å². The van der Waals surface area contributed by atoms with Crippen LogP contribution in [0.2, 0.25) is 0 Å². The molecule has 1 rings (SSSR count). The Labute approximate surface area is 105 Å². The number of ether oxygens (including phenoxy) is 1. The average molecular weight is 255 g/mol. The van der Waals surface area contributed by atoms with Crippen molar-refractivity contribution in [3.05, 3.63) is 12.4 Å². The van der Waals surface area contributed by atoms with Gasteiger partial charge in [-0.1, -0.05) is 13.8 Å². The molecule has 0 aliphatic rings. The normalized spacial score (nSPS) is 12.3. The molecular formula is C11H17N3O2S. The van der Waals surface area contributed by atoms with Crippen LogP contribution < -0.4 is 5.32 Å². The van der Waals surface area contributed by atoms with Gasteiger partial charge in [-0.2, -0.15) is 0 Å². The zero-order valence-corrected chi connectivity index (χ0v) is 11.2. The van der Waals surface area contributed by atoms with Crippen molar-refractivity contribution < 1.29 is 9.53 Å². The van der Waals surface area contributed by atoms with Crippen LogP contribution in [0.1, 0.15) is 13.8 Å². The summed E-state index contributed by atoms with van der Waals surface area (Å²) in [5.74, 6) is 0.466. The number of nitrogens with one attached hydrogen (secondary N) is 1. The Balaban J connectivity index is 2.82. The van der Waals surface area contributed by atoms with Gasteiger partial charge in [-0.15, -0.1) is 11.8 Å². The molecule has 1 aromatic rings. The van der Waals surface area contributed by atoms with E-state index in [1.54, 1.807) is 0 Å². The summed E-state index contributed by atoms with van der Waals surface area (Å²) < 4.78 is 4.75. The molecular weight excluding hydrogens is 238 g/mol. The van der Waals surface area contributed by atoms with E-state index in [9.17, 15) is 4.79 Å². The van der Waals surface area contributed by atoms with Crippen molar-refractivity contribution in [1.29, 1.82) is 0 Å². The summed E-state index contributed by atoms with van der Waals surface area (Å²) in [6.45, 7) is 3.90. The lowest BCUT2D eigenvalue weighted by Crippen LogP contribution is -2.35. The number of aromatic nitrogens is 2. The van der Waals surface area contributed by atoms with Crippen LogP contribution in [0.25, 0.3) is 0 Å². The molecule has 0 aliphatic carbocycles. The Bertz CT molecular complexity index is 385. The monoisotopic (exact) mass is 255 g/mol. The first-order chi connectivity index (χ1) is 8.08. The quantitative estimate of drug-likeness (QED) is 0.492. The Morgan fingerprint density at radius 2 is 2.18 bits per heavy atom. The first-order valence-corrected chi connectivity index (χ1v) is 6.51. The maximum atomic E-state index is 11.6. The number of carbonyl (C=O) groups is 1. The van der Waals surface area contributed by atoms with Crippen molar-refractivity contribution in [3.63, 3.8) is 0 Å². The fourth-order valence-corrected chi connectivity index (χ4v) is 1.70. The van der Waals surface area contributed by atoms with E-state index in [2.05, 4.69) is 15.3 Å². The standard InChI is InChI=1S/C11H17N3O2S/c1-7(2)10(11(15)16-3)14-8-5-9(17-4)13-6-12-8/h5-7,10H,1-4H3,(H,12,13,14). The van der Waals surface area contributed by atoms with Gasteiger partial charge in [0.25, 0.3) is 0 Å². The highest BCUT2D eigenvalue weighted by Gasteiger charge is 2.23. The van der Waals surface area contributed by atoms with E-state index in [1.807, 2.05) is 26.2 Å². The van der Waals surface area contributed by atoms with Gasteiger partial charge in [0.05, 0.1) is 7.11 Å². The molecule has 1 heterocycles. The van der Waals surface area contributed by atoms with Crippen LogP contribution in [0.15, 0.2) is 17.4 Å². The second-order valence-electron chi connectivity index (χ2n) is 3.83. The van der Waals surface area contributed by atoms with Crippen molar-refractivity contribution in [3.8, 4) is 0 Å². The van der Waals surface area contributed by atoms with E-state index < -0.39 is 6.04 Å². The molecule has 6 heteroatoms. The van der Waals surface area contributed by atoms with E-state index in [4.69, 9.17) is 4.74 Å². The van der Waals surface area contributed by atoms with Gasteiger partial charge < -0.3 is 10.1 Å². The highest BCUT2D eigenvalue weighted by molar-refractivity contribution is 7.98. The first kappa shape index (κ1) is 13.8. The van der Waals surface area contributed by atoms with Gasteiger partial charge in [-0.05, 0) is 12.2 Å². The number of nitrogens with zero attached hydrogens (tertiary/aromatic N) is 2. The molecule has 1 N–H and O–H groups in total. The van der Waals surface area contributed by atoms with Gasteiger partial charge >= 0.3 is 5.97 Å². The minimum absolute atomic E-state index is 0.121. The van der Waals surface area contributed by atoms with Gasteiger partial charge in [0.15, 0.2) is 0 Å². The topological polar surface area (TPSA) is 64.1 Å². The molecule has 1 aromatic heterocycles. The second kappa shape index (κ2) is 6.44. The summed E-state index contributed by atoms with van der Waals surface area (Å²) in [4.78, 5) is 19.7. The molecule has 0 saturated carbocycles. The number of methoxy groups -OCH3 is 1. The number of hydrogen-bond acceptors (Lipinski definition) is 6. The number of anilines is 1. The first-order valence-electron chi connectivity index (χ1n) is 5.29. The SMILES string of the molecule is COC(=O)C(Nc1cc(SC)ncn1)C(C)C. The molecule has 0 radical (unpaired) electrons. The molecule has 0 aromatic carbocycles. The Hall–Kier alpha value is -1.30. The van der Waals surface area contributed by atoms with Gasteiger partial charge in [0.2, 0.25) is 0 Å². The molecule has 0 fully saturated rings. The third kappa shape index (κ3) is 3.89. The van der Waals surface area contributed by atoms with Crippen molar-refractivity contribution >= 4 is 23.5 Å². The van der Waals surface area contributed by atoms with Crippen molar-refractivity contribution in [2.24, 2.45) is 5.92 Å². The number of thioether (sulfide) groups is 1. The molecule has 1 unspecified atom stereocenters. The largest absolute Gasteiger partial charge is 0.467 e. The van der Waals surface area contributed by atoms with Gasteiger partial charge in [-0.3, -0.25) is 0 Å². The summed E-state index contributed by atoms with van der Waals surface area (Å²) in [5, 5.41) is 3.92. The lowest BCUT2D eigenvalue weighted by molar-refractivity contribution is -0.142. The lowest BCUT2D eigenvalue weighted by atomic mass is 10.1. The number of esters is 1. The highest BCUT2D eigenvalue weighted by atomic mass is 32.2. The molecule has 5 nitrogen and oxygen atoms in total. The molecule has 94 valence electrons. The Morgan fingerprint density at radius 1 is 1.47 bits per heavy atom. The van der Waals surface area contributed by atoms with Crippen molar-refractivity contribution in [2.75, 3.05) is 18.7 Å². The van der Waals surface area contributed by atoms with E-state index in [0.29, 0.717) is 5.82 Å². The molecule has 0 saturated heterocycles. The van der Waals surface area contributed by atoms with Crippen LogP contribution in [-0.2, 0) is 9.53 Å². The minimum atomic E-state index is -0.399. The zero-order valence-electron chi connectivity index (χ0n) is 10.4. The minimum Gasteiger partial charge on any atom is -0.467 e. The number of hydrogen-bond donors (Lipinski definition) is 1. The Morgan fingerprint density at radius 3 is 2.71 bits per heavy atom. The fraction of sp³-hybridized carbons (Fsp3) is 0.545. The third-order valence-electron chi connectivity index (χ3n) is 2.28. The van der Waals surface area contributed by atoms with E-state index in [1.165, 1.54) is 25.2 Å².